The Bertz CT molecular complexity index is 123. The van der Waals surface area contributed by atoms with Crippen molar-refractivity contribution in [2.45, 2.75) is 0 Å². The fourth-order valence-corrected chi connectivity index (χ4v) is 0.653. The predicted octanol–water partition coefficient (Wildman–Crippen LogP) is -4.19. The molecule has 0 aliphatic carbocycles. The lowest BCUT2D eigenvalue weighted by Gasteiger charge is -2.27. The predicted molar refractivity (Wildman–Crippen MR) is 48.4 cm³/mol. The highest BCUT2D eigenvalue weighted by molar-refractivity contribution is 6.44. The Kier molecular flexibility index (Phi) is 8.49. The minimum absolute atomic E-state index is 0.188. The van der Waals surface area contributed by atoms with Crippen LogP contribution >= 0.6 is 0 Å². The zero-order valence-corrected chi connectivity index (χ0v) is 9.42. The van der Waals surface area contributed by atoms with Crippen LogP contribution in [0.1, 0.15) is 0 Å². The van der Waals surface area contributed by atoms with Gasteiger partial charge in [0.2, 0.25) is 0 Å². The van der Waals surface area contributed by atoms with Gasteiger partial charge in [-0.15, -0.1) is 0 Å². The topological polar surface area (TPSA) is 124 Å². The first kappa shape index (κ1) is 16.4. The van der Waals surface area contributed by atoms with Gasteiger partial charge in [-0.3, -0.25) is 0 Å². The normalized spacial score (nSPS) is 12.0. The molecular formula is C6H19NO6Si. The highest BCUT2D eigenvalue weighted by Crippen LogP contribution is 1.92. The Morgan fingerprint density at radius 2 is 1.21 bits per heavy atom. The molecule has 88 valence electrons. The molecule has 0 radical (unpaired) electrons. The van der Waals surface area contributed by atoms with Gasteiger partial charge in [0.25, 0.3) is 0 Å². The van der Waals surface area contributed by atoms with E-state index in [-0.39, 0.29) is 13.2 Å². The monoisotopic (exact) mass is 229 g/mol. The number of hydrogen-bond donors (Lipinski definition) is 5. The second kappa shape index (κ2) is 7.26. The summed E-state index contributed by atoms with van der Waals surface area (Å²) in [5.41, 5.74) is 0. The Morgan fingerprint density at radius 1 is 1.00 bits per heavy atom. The van der Waals surface area contributed by atoms with E-state index in [0.717, 1.165) is 0 Å². The van der Waals surface area contributed by atoms with Gasteiger partial charge in [-0.05, 0) is 0 Å². The second-order valence-electron chi connectivity index (χ2n) is 3.40. The summed E-state index contributed by atoms with van der Waals surface area (Å²) in [5.74, 6) is 0. The molecular weight excluding hydrogens is 210 g/mol. The van der Waals surface area contributed by atoms with Crippen molar-refractivity contribution in [3.05, 3.63) is 0 Å². The van der Waals surface area contributed by atoms with Crippen LogP contribution in [0.5, 0.6) is 0 Å². The smallest absolute Gasteiger partial charge is 0.404 e. The van der Waals surface area contributed by atoms with Gasteiger partial charge >= 0.3 is 9.05 Å². The average Bonchev–Trinajstić information content (AvgIpc) is 1.81. The highest BCUT2D eigenvalue weighted by atomic mass is 28.4. The van der Waals surface area contributed by atoms with Crippen molar-refractivity contribution in [2.75, 3.05) is 40.4 Å². The molecule has 7 nitrogen and oxygen atoms in total. The van der Waals surface area contributed by atoms with Crippen molar-refractivity contribution < 1.29 is 33.9 Å². The molecule has 0 unspecified atom stereocenters. The summed E-state index contributed by atoms with van der Waals surface area (Å²) in [6.07, 6.45) is 0. The van der Waals surface area contributed by atoms with E-state index in [0.29, 0.717) is 17.6 Å². The van der Waals surface area contributed by atoms with Crippen LogP contribution in [-0.2, 0) is 0 Å². The first-order chi connectivity index (χ1) is 6.12. The molecule has 8 heteroatoms. The molecule has 0 aromatic heterocycles. The third-order valence-electron chi connectivity index (χ3n) is 1.41. The molecule has 0 heterocycles. The number of nitrogens with zero attached hydrogens (tertiary/aromatic N) is 1. The molecule has 0 spiro atoms. The van der Waals surface area contributed by atoms with Crippen LogP contribution < -0.4 is 4.80 Å². The van der Waals surface area contributed by atoms with E-state index in [1.54, 1.807) is 0 Å². The number of aliphatic hydroxyl groups excluding tert-OH is 2. The summed E-state index contributed by atoms with van der Waals surface area (Å²) in [7, 11) is -0.904. The van der Waals surface area contributed by atoms with Crippen molar-refractivity contribution in [1.82, 2.24) is 0 Å². The molecule has 14 heavy (non-hydrogen) atoms. The minimum atomic E-state index is -4.86. The van der Waals surface area contributed by atoms with Gasteiger partial charge in [0.05, 0.1) is 27.3 Å². The lowest BCUT2D eigenvalue weighted by molar-refractivity contribution is -0.890. The molecule has 0 fully saturated rings. The van der Waals surface area contributed by atoms with Gasteiger partial charge in [0.1, 0.15) is 13.1 Å². The van der Waals surface area contributed by atoms with Crippen molar-refractivity contribution in [3.8, 4) is 0 Å². The lowest BCUT2D eigenvalue weighted by atomic mass is 10.4. The average molecular weight is 229 g/mol. The first-order valence-electron chi connectivity index (χ1n) is 4.03. The van der Waals surface area contributed by atoms with E-state index in [1.807, 2.05) is 14.1 Å². The number of hydrogen-bond acceptors (Lipinski definition) is 6. The maximum atomic E-state index is 8.91. The molecule has 0 atom stereocenters. The maximum Gasteiger partial charge on any atom is 0.404 e. The van der Waals surface area contributed by atoms with Crippen LogP contribution in [0.15, 0.2) is 0 Å². The summed E-state index contributed by atoms with van der Waals surface area (Å²) in [6.45, 7) is 1.79. The molecule has 0 saturated carbocycles. The Morgan fingerprint density at radius 3 is 1.36 bits per heavy atom. The van der Waals surface area contributed by atoms with E-state index >= 15 is 0 Å². The number of aliphatic hydroxyl groups is 2. The zero-order valence-electron chi connectivity index (χ0n) is 8.42. The Hall–Kier alpha value is -0.0631. The summed E-state index contributed by atoms with van der Waals surface area (Å²) < 4.78 is 0.688. The fraction of sp³-hybridized carbons (Fsp3) is 1.00. The van der Waals surface area contributed by atoms with Gasteiger partial charge in [-0.1, -0.05) is 0 Å². The van der Waals surface area contributed by atoms with Crippen molar-refractivity contribution in [3.63, 3.8) is 0 Å². The van der Waals surface area contributed by atoms with E-state index < -0.39 is 9.05 Å². The number of rotatable bonds is 4. The molecule has 0 aromatic rings. The molecule has 0 rings (SSSR count). The quantitative estimate of drug-likeness (QED) is 0.246. The van der Waals surface area contributed by atoms with Gasteiger partial charge in [0, 0.05) is 0 Å². The zero-order chi connectivity index (χ0) is 11.8. The van der Waals surface area contributed by atoms with Crippen LogP contribution in [0.2, 0.25) is 0 Å². The van der Waals surface area contributed by atoms with Crippen LogP contribution in [0.3, 0.4) is 0 Å². The fourth-order valence-electron chi connectivity index (χ4n) is 0.653. The molecule has 0 saturated heterocycles. The molecule has 0 aliphatic rings. The van der Waals surface area contributed by atoms with Crippen LogP contribution in [0, 0.1) is 0 Å². The molecule has 0 amide bonds. The summed E-state index contributed by atoms with van der Waals surface area (Å²) in [6, 6.07) is 0. The van der Waals surface area contributed by atoms with E-state index in [9.17, 15) is 0 Å². The third kappa shape index (κ3) is 22.7. The lowest BCUT2D eigenvalue weighted by Crippen LogP contribution is -2.50. The van der Waals surface area contributed by atoms with Crippen molar-refractivity contribution in [1.29, 1.82) is 0 Å². The Balaban J connectivity index is 0. The first-order valence-corrected chi connectivity index (χ1v) is 5.78. The molecule has 0 aromatic carbocycles. The largest absolute Gasteiger partial charge is 0.794 e. The van der Waals surface area contributed by atoms with Gasteiger partial charge in [0.15, 0.2) is 0 Å². The van der Waals surface area contributed by atoms with Crippen LogP contribution in [0.4, 0.5) is 0 Å². The number of likely N-dealkylation sites (N-methyl/N-ethyl adjacent to an activating group) is 1. The summed E-state index contributed by atoms with van der Waals surface area (Å²) in [5, 5.41) is 17.1. The van der Waals surface area contributed by atoms with Gasteiger partial charge < -0.3 is 33.9 Å². The number of quaternary nitrogens is 1. The van der Waals surface area contributed by atoms with E-state index in [4.69, 9.17) is 29.4 Å². The molecule has 0 bridgehead atoms. The van der Waals surface area contributed by atoms with E-state index in [2.05, 4.69) is 0 Å². The van der Waals surface area contributed by atoms with Crippen molar-refractivity contribution >= 4 is 9.05 Å². The van der Waals surface area contributed by atoms with Gasteiger partial charge in [-0.25, -0.2) is 0 Å². The molecule has 0 aliphatic heterocycles. The highest BCUT2D eigenvalue weighted by Gasteiger charge is 2.11. The maximum absolute atomic E-state index is 8.91. The third-order valence-corrected chi connectivity index (χ3v) is 1.41. The van der Waals surface area contributed by atoms with E-state index in [1.165, 1.54) is 0 Å². The summed E-state index contributed by atoms with van der Waals surface area (Å²) in [4.78, 5) is 30.6. The van der Waals surface area contributed by atoms with Gasteiger partial charge in [-0.2, -0.15) is 0 Å². The molecule has 5 N–H and O–H groups in total. The van der Waals surface area contributed by atoms with Crippen LogP contribution in [0.25, 0.3) is 0 Å². The Labute approximate surface area is 84.2 Å². The second-order valence-corrected chi connectivity index (χ2v) is 4.55. The SMILES string of the molecule is C[N+](C)(CCO)CCO.[O-][Si](O)(O)O. The summed E-state index contributed by atoms with van der Waals surface area (Å²) >= 11 is 0. The standard InChI is InChI=1S/C6H16NO2.H3O4Si/c1-7(2,3-5-8)4-6-9;1-5(2,3)4/h8-9H,3-6H2,1-2H3;1-3H/q+1;-1. The van der Waals surface area contributed by atoms with Crippen LogP contribution in [-0.4, -0.2) is 78.5 Å². The minimum Gasteiger partial charge on any atom is -0.794 e. The van der Waals surface area contributed by atoms with Crippen molar-refractivity contribution in [2.24, 2.45) is 0 Å².